The summed E-state index contributed by atoms with van der Waals surface area (Å²) in [5.74, 6) is 0.598. The van der Waals surface area contributed by atoms with Crippen molar-refractivity contribution in [3.63, 3.8) is 0 Å². The van der Waals surface area contributed by atoms with E-state index in [-0.39, 0.29) is 5.69 Å². The van der Waals surface area contributed by atoms with Crippen LogP contribution in [0, 0.1) is 17.0 Å². The first kappa shape index (κ1) is 12.0. The number of methoxy groups -OCH3 is 1. The third-order valence-electron chi connectivity index (χ3n) is 2.55. The first-order valence-electron chi connectivity index (χ1n) is 5.38. The molecule has 5 nitrogen and oxygen atoms in total. The van der Waals surface area contributed by atoms with Gasteiger partial charge in [-0.1, -0.05) is 12.1 Å². The Morgan fingerprint density at radius 1 is 1.28 bits per heavy atom. The fraction of sp³-hybridized carbons (Fsp3) is 0.154. The van der Waals surface area contributed by atoms with Gasteiger partial charge in [0.15, 0.2) is 0 Å². The SMILES string of the molecule is COc1ccc(C)nc1-c1cccc([N+](=O)[O-])c1. The average molecular weight is 244 g/mol. The maximum Gasteiger partial charge on any atom is 0.270 e. The Hall–Kier alpha value is -2.43. The maximum atomic E-state index is 10.8. The monoisotopic (exact) mass is 244 g/mol. The largest absolute Gasteiger partial charge is 0.494 e. The van der Waals surface area contributed by atoms with E-state index in [4.69, 9.17) is 4.74 Å². The van der Waals surface area contributed by atoms with Crippen LogP contribution >= 0.6 is 0 Å². The van der Waals surface area contributed by atoms with Crippen molar-refractivity contribution in [3.8, 4) is 17.0 Å². The highest BCUT2D eigenvalue weighted by Gasteiger charge is 2.12. The summed E-state index contributed by atoms with van der Waals surface area (Å²) in [6, 6.07) is 9.99. The number of ether oxygens (including phenoxy) is 1. The zero-order chi connectivity index (χ0) is 13.1. The zero-order valence-electron chi connectivity index (χ0n) is 10.1. The van der Waals surface area contributed by atoms with E-state index in [0.717, 1.165) is 5.69 Å². The molecular weight excluding hydrogens is 232 g/mol. The van der Waals surface area contributed by atoms with Crippen molar-refractivity contribution in [1.82, 2.24) is 4.98 Å². The van der Waals surface area contributed by atoms with Gasteiger partial charge in [0.05, 0.1) is 12.0 Å². The maximum absolute atomic E-state index is 10.8. The van der Waals surface area contributed by atoms with Gasteiger partial charge in [-0.2, -0.15) is 0 Å². The highest BCUT2D eigenvalue weighted by atomic mass is 16.6. The van der Waals surface area contributed by atoms with Crippen LogP contribution in [0.1, 0.15) is 5.69 Å². The summed E-state index contributed by atoms with van der Waals surface area (Å²) in [7, 11) is 1.55. The molecule has 18 heavy (non-hydrogen) atoms. The van der Waals surface area contributed by atoms with E-state index in [0.29, 0.717) is 17.0 Å². The van der Waals surface area contributed by atoms with E-state index in [2.05, 4.69) is 4.98 Å². The minimum absolute atomic E-state index is 0.0397. The van der Waals surface area contributed by atoms with E-state index in [1.165, 1.54) is 12.1 Å². The summed E-state index contributed by atoms with van der Waals surface area (Å²) in [6.45, 7) is 1.86. The van der Waals surface area contributed by atoms with Gasteiger partial charge in [-0.25, -0.2) is 4.98 Å². The number of aryl methyl sites for hydroxylation is 1. The fourth-order valence-corrected chi connectivity index (χ4v) is 1.68. The number of non-ortho nitro benzene ring substituents is 1. The van der Waals surface area contributed by atoms with E-state index in [1.807, 2.05) is 13.0 Å². The number of pyridine rings is 1. The summed E-state index contributed by atoms with van der Waals surface area (Å²) in [4.78, 5) is 14.7. The Morgan fingerprint density at radius 2 is 2.06 bits per heavy atom. The molecule has 1 aromatic carbocycles. The van der Waals surface area contributed by atoms with Gasteiger partial charge in [0.2, 0.25) is 0 Å². The molecule has 1 heterocycles. The first-order chi connectivity index (χ1) is 8.61. The van der Waals surface area contributed by atoms with Crippen LogP contribution in [0.2, 0.25) is 0 Å². The molecule has 92 valence electrons. The molecule has 0 saturated carbocycles. The normalized spacial score (nSPS) is 10.1. The standard InChI is InChI=1S/C13H12N2O3/c1-9-6-7-12(18-2)13(14-9)10-4-3-5-11(8-10)15(16)17/h3-8H,1-2H3. The molecule has 0 fully saturated rings. The minimum atomic E-state index is -0.425. The van der Waals surface area contributed by atoms with E-state index in [9.17, 15) is 10.1 Å². The number of hydrogen-bond donors (Lipinski definition) is 0. The Kier molecular flexibility index (Phi) is 3.23. The zero-order valence-corrected chi connectivity index (χ0v) is 10.1. The summed E-state index contributed by atoms with van der Waals surface area (Å²) in [5.41, 5.74) is 2.15. The molecule has 1 aromatic heterocycles. The predicted molar refractivity (Wildman–Crippen MR) is 67.6 cm³/mol. The Labute approximate surface area is 104 Å². The van der Waals surface area contributed by atoms with Crippen LogP contribution in [0.15, 0.2) is 36.4 Å². The van der Waals surface area contributed by atoms with Crippen molar-refractivity contribution in [3.05, 3.63) is 52.2 Å². The quantitative estimate of drug-likeness (QED) is 0.615. The van der Waals surface area contributed by atoms with Gasteiger partial charge < -0.3 is 4.74 Å². The number of aromatic nitrogens is 1. The number of rotatable bonds is 3. The third-order valence-corrected chi connectivity index (χ3v) is 2.55. The summed E-state index contributed by atoms with van der Waals surface area (Å²) >= 11 is 0. The summed E-state index contributed by atoms with van der Waals surface area (Å²) in [5, 5.41) is 10.8. The second kappa shape index (κ2) is 4.83. The van der Waals surface area contributed by atoms with Crippen LogP contribution in [-0.4, -0.2) is 17.0 Å². The molecule has 0 aliphatic carbocycles. The molecular formula is C13H12N2O3. The molecule has 0 aliphatic heterocycles. The highest BCUT2D eigenvalue weighted by Crippen LogP contribution is 2.30. The van der Waals surface area contributed by atoms with Crippen molar-refractivity contribution >= 4 is 5.69 Å². The number of hydrogen-bond acceptors (Lipinski definition) is 4. The molecule has 0 aliphatic rings. The van der Waals surface area contributed by atoms with Crippen LogP contribution in [0.4, 0.5) is 5.69 Å². The van der Waals surface area contributed by atoms with Crippen LogP contribution in [0.5, 0.6) is 5.75 Å². The average Bonchev–Trinajstić information content (AvgIpc) is 2.39. The van der Waals surface area contributed by atoms with Crippen LogP contribution < -0.4 is 4.74 Å². The Bertz CT molecular complexity index is 597. The van der Waals surface area contributed by atoms with Gasteiger partial charge in [-0.05, 0) is 19.1 Å². The lowest BCUT2D eigenvalue weighted by molar-refractivity contribution is -0.384. The lowest BCUT2D eigenvalue weighted by atomic mass is 10.1. The van der Waals surface area contributed by atoms with Crippen LogP contribution in [0.3, 0.4) is 0 Å². The molecule has 2 rings (SSSR count). The second-order valence-corrected chi connectivity index (χ2v) is 3.81. The topological polar surface area (TPSA) is 65.3 Å². The molecule has 0 unspecified atom stereocenters. The smallest absolute Gasteiger partial charge is 0.270 e. The van der Waals surface area contributed by atoms with Crippen LogP contribution in [0.25, 0.3) is 11.3 Å². The highest BCUT2D eigenvalue weighted by molar-refractivity contribution is 5.68. The molecule has 0 atom stereocenters. The van der Waals surface area contributed by atoms with Gasteiger partial charge in [-0.3, -0.25) is 10.1 Å². The van der Waals surface area contributed by atoms with E-state index in [1.54, 1.807) is 25.3 Å². The summed E-state index contributed by atoms with van der Waals surface area (Å²) in [6.07, 6.45) is 0. The molecule has 2 aromatic rings. The first-order valence-corrected chi connectivity index (χ1v) is 5.38. The Balaban J connectivity index is 2.57. The molecule has 0 spiro atoms. The number of nitro benzene ring substituents is 1. The van der Waals surface area contributed by atoms with Gasteiger partial charge in [-0.15, -0.1) is 0 Å². The number of nitrogens with zero attached hydrogens (tertiary/aromatic N) is 2. The van der Waals surface area contributed by atoms with Gasteiger partial charge in [0.1, 0.15) is 11.4 Å². The van der Waals surface area contributed by atoms with Crippen LogP contribution in [-0.2, 0) is 0 Å². The number of nitro groups is 1. The lowest BCUT2D eigenvalue weighted by Gasteiger charge is -2.08. The molecule has 0 amide bonds. The molecule has 0 saturated heterocycles. The van der Waals surface area contributed by atoms with Crippen molar-refractivity contribution in [2.24, 2.45) is 0 Å². The van der Waals surface area contributed by atoms with Crippen molar-refractivity contribution < 1.29 is 9.66 Å². The van der Waals surface area contributed by atoms with Crippen molar-refractivity contribution in [1.29, 1.82) is 0 Å². The van der Waals surface area contributed by atoms with Crippen molar-refractivity contribution in [2.75, 3.05) is 7.11 Å². The molecule has 0 bridgehead atoms. The van der Waals surface area contributed by atoms with Gasteiger partial charge >= 0.3 is 0 Å². The third kappa shape index (κ3) is 2.29. The molecule has 0 radical (unpaired) electrons. The summed E-state index contributed by atoms with van der Waals surface area (Å²) < 4.78 is 5.22. The fourth-order valence-electron chi connectivity index (χ4n) is 1.68. The molecule has 0 N–H and O–H groups in total. The predicted octanol–water partition coefficient (Wildman–Crippen LogP) is 2.97. The second-order valence-electron chi connectivity index (χ2n) is 3.81. The van der Waals surface area contributed by atoms with E-state index < -0.39 is 4.92 Å². The Morgan fingerprint density at radius 3 is 2.72 bits per heavy atom. The lowest BCUT2D eigenvalue weighted by Crippen LogP contribution is -1.94. The van der Waals surface area contributed by atoms with Gasteiger partial charge in [0, 0.05) is 23.4 Å². The molecule has 5 heteroatoms. The van der Waals surface area contributed by atoms with E-state index >= 15 is 0 Å². The minimum Gasteiger partial charge on any atom is -0.494 e. The van der Waals surface area contributed by atoms with Crippen molar-refractivity contribution in [2.45, 2.75) is 6.92 Å². The number of benzene rings is 1. The van der Waals surface area contributed by atoms with Gasteiger partial charge in [0.25, 0.3) is 5.69 Å².